The van der Waals surface area contributed by atoms with Gasteiger partial charge in [-0.1, -0.05) is 12.1 Å². The van der Waals surface area contributed by atoms with E-state index in [0.717, 1.165) is 38.3 Å². The molecular formula is C15H22N2O3. The van der Waals surface area contributed by atoms with Crippen LogP contribution in [0.3, 0.4) is 0 Å². The molecule has 110 valence electrons. The van der Waals surface area contributed by atoms with Crippen LogP contribution in [0.5, 0.6) is 0 Å². The molecule has 1 heterocycles. The molecule has 0 amide bonds. The Hall–Kier alpha value is -1.59. The summed E-state index contributed by atoms with van der Waals surface area (Å²) < 4.78 is 0. The molecule has 1 aromatic carbocycles. The van der Waals surface area contributed by atoms with E-state index in [1.54, 1.807) is 0 Å². The van der Waals surface area contributed by atoms with Crippen LogP contribution in [-0.4, -0.2) is 60.4 Å². The molecule has 5 nitrogen and oxygen atoms in total. The van der Waals surface area contributed by atoms with Gasteiger partial charge in [-0.2, -0.15) is 0 Å². The molecule has 1 aliphatic heterocycles. The van der Waals surface area contributed by atoms with E-state index >= 15 is 0 Å². The van der Waals surface area contributed by atoms with E-state index in [4.69, 9.17) is 10.2 Å². The van der Waals surface area contributed by atoms with Crippen molar-refractivity contribution in [3.63, 3.8) is 0 Å². The zero-order valence-corrected chi connectivity index (χ0v) is 11.7. The quantitative estimate of drug-likeness (QED) is 0.806. The van der Waals surface area contributed by atoms with Crippen molar-refractivity contribution in [3.05, 3.63) is 29.8 Å². The maximum absolute atomic E-state index is 10.5. The topological polar surface area (TPSA) is 64.0 Å². The molecular weight excluding hydrogens is 256 g/mol. The maximum Gasteiger partial charge on any atom is 0.303 e. The lowest BCUT2D eigenvalue weighted by atomic mass is 10.1. The summed E-state index contributed by atoms with van der Waals surface area (Å²) in [5, 5.41) is 17.6. The van der Waals surface area contributed by atoms with Crippen molar-refractivity contribution in [3.8, 4) is 0 Å². The molecule has 0 unspecified atom stereocenters. The Morgan fingerprint density at radius 1 is 1.10 bits per heavy atom. The number of piperazine rings is 1. The second kappa shape index (κ2) is 7.26. The number of hydrogen-bond donors (Lipinski definition) is 2. The molecule has 5 heteroatoms. The summed E-state index contributed by atoms with van der Waals surface area (Å²) in [6.07, 6.45) is 0.763. The number of nitrogens with zero attached hydrogens (tertiary/aromatic N) is 2. The van der Waals surface area contributed by atoms with Gasteiger partial charge in [-0.25, -0.2) is 0 Å². The molecule has 1 aromatic rings. The van der Waals surface area contributed by atoms with Gasteiger partial charge in [-0.05, 0) is 24.1 Å². The van der Waals surface area contributed by atoms with Crippen molar-refractivity contribution < 1.29 is 15.0 Å². The number of anilines is 1. The summed E-state index contributed by atoms with van der Waals surface area (Å²) in [5.74, 6) is -0.755. The molecule has 0 atom stereocenters. The van der Waals surface area contributed by atoms with Gasteiger partial charge in [0, 0.05) is 44.8 Å². The van der Waals surface area contributed by atoms with Crippen LogP contribution in [0, 0.1) is 0 Å². The van der Waals surface area contributed by atoms with E-state index in [2.05, 4.69) is 21.9 Å². The number of aryl methyl sites for hydroxylation is 1. The van der Waals surface area contributed by atoms with E-state index in [1.807, 2.05) is 12.1 Å². The van der Waals surface area contributed by atoms with Crippen molar-refractivity contribution in [2.75, 3.05) is 44.2 Å². The Balaban J connectivity index is 1.86. The molecule has 1 saturated heterocycles. The van der Waals surface area contributed by atoms with Crippen LogP contribution >= 0.6 is 0 Å². The second-order valence-electron chi connectivity index (χ2n) is 5.11. The summed E-state index contributed by atoms with van der Waals surface area (Å²) >= 11 is 0. The number of β-amino-alcohol motifs (C(OH)–C–C–N with tert-alkyl or cyclic N) is 1. The minimum atomic E-state index is -0.755. The first-order valence-electron chi connectivity index (χ1n) is 7.08. The zero-order valence-electron chi connectivity index (χ0n) is 11.7. The lowest BCUT2D eigenvalue weighted by molar-refractivity contribution is -0.136. The molecule has 0 spiro atoms. The van der Waals surface area contributed by atoms with Crippen molar-refractivity contribution >= 4 is 11.7 Å². The van der Waals surface area contributed by atoms with E-state index < -0.39 is 5.97 Å². The lowest BCUT2D eigenvalue weighted by Gasteiger charge is -2.35. The standard InChI is InChI=1S/C15H22N2O3/c18-12-11-16-7-9-17(10-8-16)14-4-1-13(2-5-14)3-6-15(19)20/h1-2,4-5,18H,3,6-12H2,(H,19,20). The summed E-state index contributed by atoms with van der Waals surface area (Å²) in [4.78, 5) is 15.1. The third-order valence-corrected chi connectivity index (χ3v) is 3.72. The van der Waals surface area contributed by atoms with Crippen molar-refractivity contribution in [1.29, 1.82) is 0 Å². The monoisotopic (exact) mass is 278 g/mol. The first kappa shape index (κ1) is 14.8. The largest absolute Gasteiger partial charge is 0.481 e. The summed E-state index contributed by atoms with van der Waals surface area (Å²) in [6, 6.07) is 8.16. The predicted octanol–water partition coefficient (Wildman–Crippen LogP) is 0.818. The number of carbonyl (C=O) groups is 1. The van der Waals surface area contributed by atoms with E-state index in [0.29, 0.717) is 6.42 Å². The number of rotatable bonds is 6. The summed E-state index contributed by atoms with van der Waals surface area (Å²) in [7, 11) is 0. The van der Waals surface area contributed by atoms with Crippen LogP contribution in [0.4, 0.5) is 5.69 Å². The van der Waals surface area contributed by atoms with Crippen LogP contribution < -0.4 is 4.90 Å². The number of aliphatic hydroxyl groups is 1. The van der Waals surface area contributed by atoms with E-state index in [-0.39, 0.29) is 13.0 Å². The van der Waals surface area contributed by atoms with Crippen molar-refractivity contribution in [1.82, 2.24) is 4.90 Å². The van der Waals surface area contributed by atoms with Gasteiger partial charge >= 0.3 is 5.97 Å². The molecule has 0 radical (unpaired) electrons. The summed E-state index contributed by atoms with van der Waals surface area (Å²) in [6.45, 7) is 4.85. The molecule has 1 fully saturated rings. The van der Waals surface area contributed by atoms with Gasteiger partial charge in [0.25, 0.3) is 0 Å². The number of aliphatic hydroxyl groups excluding tert-OH is 1. The van der Waals surface area contributed by atoms with Crippen LogP contribution in [0.2, 0.25) is 0 Å². The average molecular weight is 278 g/mol. The lowest BCUT2D eigenvalue weighted by Crippen LogP contribution is -2.47. The van der Waals surface area contributed by atoms with Gasteiger partial charge in [-0.3, -0.25) is 9.69 Å². The van der Waals surface area contributed by atoms with Gasteiger partial charge in [0.1, 0.15) is 0 Å². The number of aliphatic carboxylic acids is 1. The fourth-order valence-corrected chi connectivity index (χ4v) is 2.50. The third-order valence-electron chi connectivity index (χ3n) is 3.72. The fraction of sp³-hybridized carbons (Fsp3) is 0.533. The minimum absolute atomic E-state index is 0.180. The molecule has 0 aromatic heterocycles. The molecule has 1 aliphatic rings. The number of hydrogen-bond acceptors (Lipinski definition) is 4. The Morgan fingerprint density at radius 2 is 1.75 bits per heavy atom. The Morgan fingerprint density at radius 3 is 2.30 bits per heavy atom. The van der Waals surface area contributed by atoms with Crippen LogP contribution in [0.25, 0.3) is 0 Å². The van der Waals surface area contributed by atoms with Gasteiger partial charge < -0.3 is 15.1 Å². The number of carboxylic acids is 1. The maximum atomic E-state index is 10.5. The molecule has 0 saturated carbocycles. The fourth-order valence-electron chi connectivity index (χ4n) is 2.50. The highest BCUT2D eigenvalue weighted by atomic mass is 16.4. The van der Waals surface area contributed by atoms with Crippen molar-refractivity contribution in [2.45, 2.75) is 12.8 Å². The summed E-state index contributed by atoms with van der Waals surface area (Å²) in [5.41, 5.74) is 2.25. The van der Waals surface area contributed by atoms with Gasteiger partial charge in [0.05, 0.1) is 6.61 Å². The SMILES string of the molecule is O=C(O)CCc1ccc(N2CCN(CCO)CC2)cc1. The third kappa shape index (κ3) is 4.21. The predicted molar refractivity (Wildman–Crippen MR) is 78.1 cm³/mol. The molecule has 20 heavy (non-hydrogen) atoms. The Bertz CT molecular complexity index is 425. The molecule has 2 N–H and O–H groups in total. The highest BCUT2D eigenvalue weighted by Gasteiger charge is 2.16. The van der Waals surface area contributed by atoms with Crippen LogP contribution in [0.1, 0.15) is 12.0 Å². The first-order chi connectivity index (χ1) is 9.69. The zero-order chi connectivity index (χ0) is 14.4. The molecule has 0 aliphatic carbocycles. The van der Waals surface area contributed by atoms with E-state index in [9.17, 15) is 4.79 Å². The molecule has 2 rings (SSSR count). The Labute approximate surface area is 119 Å². The van der Waals surface area contributed by atoms with Gasteiger partial charge in [0.15, 0.2) is 0 Å². The first-order valence-corrected chi connectivity index (χ1v) is 7.08. The second-order valence-corrected chi connectivity index (χ2v) is 5.11. The van der Waals surface area contributed by atoms with Crippen LogP contribution in [-0.2, 0) is 11.2 Å². The number of benzene rings is 1. The van der Waals surface area contributed by atoms with E-state index in [1.165, 1.54) is 5.69 Å². The average Bonchev–Trinajstić information content (AvgIpc) is 2.47. The highest BCUT2D eigenvalue weighted by Crippen LogP contribution is 2.18. The van der Waals surface area contributed by atoms with Crippen molar-refractivity contribution in [2.24, 2.45) is 0 Å². The van der Waals surface area contributed by atoms with Crippen LogP contribution in [0.15, 0.2) is 24.3 Å². The normalized spacial score (nSPS) is 16.4. The van der Waals surface area contributed by atoms with Gasteiger partial charge in [0.2, 0.25) is 0 Å². The Kier molecular flexibility index (Phi) is 5.38. The minimum Gasteiger partial charge on any atom is -0.481 e. The molecule has 0 bridgehead atoms. The highest BCUT2D eigenvalue weighted by molar-refractivity contribution is 5.67. The van der Waals surface area contributed by atoms with Gasteiger partial charge in [-0.15, -0.1) is 0 Å². The smallest absolute Gasteiger partial charge is 0.303 e. The number of carboxylic acid groups (broad SMARTS) is 1.